The van der Waals surface area contributed by atoms with Gasteiger partial charge in [-0.2, -0.15) is 0 Å². The number of nitrogens with one attached hydrogen (secondary N) is 1. The molecule has 0 bridgehead atoms. The largest absolute Gasteiger partial charge is 0.494 e. The molecule has 2 aliphatic rings. The van der Waals surface area contributed by atoms with Crippen LogP contribution in [0, 0.1) is 17.2 Å². The van der Waals surface area contributed by atoms with Crippen molar-refractivity contribution in [2.24, 2.45) is 10.7 Å². The van der Waals surface area contributed by atoms with Gasteiger partial charge >= 0.3 is 0 Å². The highest BCUT2D eigenvalue weighted by Crippen LogP contribution is 2.39. The molecular weight excluding hydrogens is 526 g/mol. The summed E-state index contributed by atoms with van der Waals surface area (Å²) in [6, 6.07) is 26.1. The number of likely N-dealkylation sites (tertiary alicyclic amines) is 1. The number of ether oxygens (including phenoxy) is 1. The molecule has 0 atom stereocenters. The first-order valence-corrected chi connectivity index (χ1v) is 14.6. The summed E-state index contributed by atoms with van der Waals surface area (Å²) in [5.74, 6) is 0.577. The monoisotopic (exact) mass is 569 g/mol. The van der Waals surface area contributed by atoms with Crippen LogP contribution in [0.1, 0.15) is 48.8 Å². The molecule has 0 unspecified atom stereocenters. The van der Waals surface area contributed by atoms with Gasteiger partial charge < -0.3 is 14.4 Å². The number of carbonyl (C=O) groups is 2. The predicted molar refractivity (Wildman–Crippen MR) is 169 cm³/mol. The third kappa shape index (κ3) is 8.95. The van der Waals surface area contributed by atoms with Crippen molar-refractivity contribution in [1.29, 1.82) is 0 Å². The van der Waals surface area contributed by atoms with E-state index in [1.807, 2.05) is 31.1 Å². The lowest BCUT2D eigenvalue weighted by Gasteiger charge is -2.40. The second kappa shape index (κ2) is 16.4. The first-order valence-electron chi connectivity index (χ1n) is 14.6. The van der Waals surface area contributed by atoms with Gasteiger partial charge in [-0.3, -0.25) is 4.79 Å². The van der Waals surface area contributed by atoms with E-state index in [1.165, 1.54) is 35.1 Å². The maximum absolute atomic E-state index is 12.8. The van der Waals surface area contributed by atoms with Crippen molar-refractivity contribution >= 4 is 12.7 Å². The first kappa shape index (κ1) is 32.4. The van der Waals surface area contributed by atoms with E-state index in [2.05, 4.69) is 84.2 Å². The zero-order valence-corrected chi connectivity index (χ0v) is 24.7. The van der Waals surface area contributed by atoms with E-state index >= 15 is 0 Å². The number of carbonyl (C=O) groups excluding carboxylic acids is 2. The van der Waals surface area contributed by atoms with E-state index in [4.69, 9.17) is 9.53 Å². The summed E-state index contributed by atoms with van der Waals surface area (Å²) in [6.07, 6.45) is 6.50. The van der Waals surface area contributed by atoms with Gasteiger partial charge in [0.2, 0.25) is 5.91 Å². The van der Waals surface area contributed by atoms with Crippen LogP contribution in [0.25, 0.3) is 11.1 Å². The molecule has 1 heterocycles. The normalized spacial score (nSPS) is 15.6. The zero-order chi connectivity index (χ0) is 30.4. The first-order chi connectivity index (χ1) is 20.5. The van der Waals surface area contributed by atoms with Crippen molar-refractivity contribution < 1.29 is 14.3 Å². The molecule has 0 radical (unpaired) electrons. The van der Waals surface area contributed by atoms with E-state index in [0.717, 1.165) is 50.1 Å². The number of amides is 1. The van der Waals surface area contributed by atoms with Gasteiger partial charge in [0.15, 0.2) is 0 Å². The summed E-state index contributed by atoms with van der Waals surface area (Å²) < 4.78 is 6.02. The fourth-order valence-corrected chi connectivity index (χ4v) is 5.61. The van der Waals surface area contributed by atoms with Crippen molar-refractivity contribution in [3.63, 3.8) is 0 Å². The molecule has 1 aliphatic heterocycles. The number of hydrogen-bond donors (Lipinski definition) is 1. The van der Waals surface area contributed by atoms with E-state index in [9.17, 15) is 9.70 Å². The molecule has 7 nitrogen and oxygen atoms in total. The maximum Gasteiger partial charge on any atom is 0.249 e. The van der Waals surface area contributed by atoms with E-state index < -0.39 is 5.41 Å². The molecule has 0 spiro atoms. The molecule has 1 amide bonds. The second-order valence-corrected chi connectivity index (χ2v) is 10.9. The van der Waals surface area contributed by atoms with Gasteiger partial charge in [0, 0.05) is 6.04 Å². The lowest BCUT2D eigenvalue weighted by Crippen LogP contribution is -2.49. The highest BCUT2D eigenvalue weighted by molar-refractivity contribution is 5.82. The van der Waals surface area contributed by atoms with Gasteiger partial charge in [-0.1, -0.05) is 66.2 Å². The lowest BCUT2D eigenvalue weighted by molar-refractivity contribution is -0.134. The average molecular weight is 570 g/mol. The highest BCUT2D eigenvalue weighted by Gasteiger charge is 2.44. The minimum atomic E-state index is -0.589. The molecule has 3 aromatic carbocycles. The fourth-order valence-electron chi connectivity index (χ4n) is 5.61. The smallest absolute Gasteiger partial charge is 0.249 e. The topological polar surface area (TPSA) is 88.1 Å². The quantitative estimate of drug-likeness (QED) is 0.118. The number of hydrogen-bond acceptors (Lipinski definition) is 6. The van der Waals surface area contributed by atoms with E-state index in [1.54, 1.807) is 0 Å². The van der Waals surface area contributed by atoms with Crippen molar-refractivity contribution in [3.8, 4) is 16.9 Å². The van der Waals surface area contributed by atoms with Crippen LogP contribution < -0.4 is 10.2 Å². The highest BCUT2D eigenvalue weighted by atomic mass is 16.5. The summed E-state index contributed by atoms with van der Waals surface area (Å²) in [4.78, 5) is 34.1. The average Bonchev–Trinajstić information content (AvgIpc) is 3.89. The van der Waals surface area contributed by atoms with E-state index in [0.29, 0.717) is 19.1 Å². The lowest BCUT2D eigenvalue weighted by atomic mass is 9.73. The summed E-state index contributed by atoms with van der Waals surface area (Å²) in [5.41, 5.74) is 7.74. The minimum Gasteiger partial charge on any atom is -0.494 e. The van der Waals surface area contributed by atoms with Crippen molar-refractivity contribution in [2.45, 2.75) is 57.9 Å². The van der Waals surface area contributed by atoms with Gasteiger partial charge in [-0.05, 0) is 99.3 Å². The van der Waals surface area contributed by atoms with Crippen LogP contribution in [0.2, 0.25) is 0 Å². The van der Waals surface area contributed by atoms with Crippen LogP contribution in [0.3, 0.4) is 0 Å². The third-order valence-corrected chi connectivity index (χ3v) is 8.10. The Balaban J connectivity index is 0.00000116. The zero-order valence-electron chi connectivity index (χ0n) is 24.7. The Labute approximate surface area is 249 Å². The molecule has 0 aromatic heterocycles. The summed E-state index contributed by atoms with van der Waals surface area (Å²) in [6.45, 7) is 12.5. The number of rotatable bonds is 11. The number of benzene rings is 3. The van der Waals surface area contributed by atoms with Crippen LogP contribution in [-0.2, 0) is 22.4 Å². The van der Waals surface area contributed by atoms with E-state index in [-0.39, 0.29) is 5.91 Å². The Kier molecular flexibility index (Phi) is 12.6. The summed E-state index contributed by atoms with van der Waals surface area (Å²) >= 11 is 0. The van der Waals surface area contributed by atoms with Gasteiger partial charge in [-0.15, -0.1) is 18.1 Å². The number of aryl methyl sites for hydroxylation is 2. The van der Waals surface area contributed by atoms with Crippen molar-refractivity contribution in [3.05, 3.63) is 108 Å². The molecule has 42 heavy (non-hydrogen) atoms. The SMILES string of the molecule is C=C.C=O.Cc1ccc(-c2cccc(CCCOc3ccc(CC4(C(=O)NN=O)CCN(C5CC5)CC4)cc3)c2)cc1. The summed E-state index contributed by atoms with van der Waals surface area (Å²) in [7, 11) is 0. The van der Waals surface area contributed by atoms with Gasteiger partial charge in [-0.25, -0.2) is 5.43 Å². The molecule has 7 heteroatoms. The van der Waals surface area contributed by atoms with Crippen LogP contribution >= 0.6 is 0 Å². The minimum absolute atomic E-state index is 0.255. The molecule has 2 fully saturated rings. The Morgan fingerprint density at radius 2 is 1.62 bits per heavy atom. The molecule has 1 saturated heterocycles. The Bertz CT molecular complexity index is 1260. The number of piperidine rings is 1. The van der Waals surface area contributed by atoms with Gasteiger partial charge in [0.05, 0.1) is 17.3 Å². The predicted octanol–water partition coefficient (Wildman–Crippen LogP) is 6.88. The number of nitrogens with zero attached hydrogens (tertiary/aromatic N) is 2. The van der Waals surface area contributed by atoms with Crippen LogP contribution in [0.15, 0.2) is 91.2 Å². The Hall–Kier alpha value is -4.10. The second-order valence-electron chi connectivity index (χ2n) is 10.9. The molecule has 1 aliphatic carbocycles. The van der Waals surface area contributed by atoms with Crippen LogP contribution in [0.4, 0.5) is 0 Å². The third-order valence-electron chi connectivity index (χ3n) is 8.10. The molecular formula is C35H43N3O4. The fraction of sp³-hybridized carbons (Fsp3) is 0.371. The molecule has 1 saturated carbocycles. The Morgan fingerprint density at radius 3 is 2.24 bits per heavy atom. The molecule has 5 rings (SSSR count). The Morgan fingerprint density at radius 1 is 0.952 bits per heavy atom. The van der Waals surface area contributed by atoms with Crippen LogP contribution in [0.5, 0.6) is 5.75 Å². The van der Waals surface area contributed by atoms with Crippen molar-refractivity contribution in [2.75, 3.05) is 19.7 Å². The summed E-state index contributed by atoms with van der Waals surface area (Å²) in [5, 5.41) is 2.68. The molecule has 222 valence electrons. The molecule has 3 aromatic rings. The number of nitroso groups, excluding NO2 is 1. The maximum atomic E-state index is 12.8. The van der Waals surface area contributed by atoms with Crippen molar-refractivity contribution in [1.82, 2.24) is 10.3 Å². The van der Waals surface area contributed by atoms with Gasteiger partial charge in [0.25, 0.3) is 0 Å². The van der Waals surface area contributed by atoms with Gasteiger partial charge in [0.1, 0.15) is 12.5 Å². The molecule has 1 N–H and O–H groups in total. The standard InChI is InChI=1S/C32H37N3O3.C2H4.CH2O/c1-24-7-11-27(12-8-24)28-6-2-4-25(22-28)5-3-21-38-30-15-9-26(10-16-30)23-32(31(36)33-34-37)17-19-35(20-18-32)29-13-14-29;2*1-2/h2,4,6-12,15-16,22,29H,3,5,13-14,17-21,23H2,1H3,(H,33,36,37);1-2H2;1H2. The van der Waals surface area contributed by atoms with Crippen LogP contribution in [-0.4, -0.2) is 43.3 Å².